The van der Waals surface area contributed by atoms with Crippen LogP contribution in [0.5, 0.6) is 5.75 Å². The zero-order chi connectivity index (χ0) is 14.0. The third-order valence-corrected chi connectivity index (χ3v) is 3.90. The Morgan fingerprint density at radius 2 is 1.95 bits per heavy atom. The third-order valence-electron chi connectivity index (χ3n) is 2.69. The van der Waals surface area contributed by atoms with Crippen molar-refractivity contribution in [1.82, 2.24) is 0 Å². The van der Waals surface area contributed by atoms with Gasteiger partial charge in [-0.25, -0.2) is 4.79 Å². The van der Waals surface area contributed by atoms with Crippen molar-refractivity contribution in [2.24, 2.45) is 0 Å². The number of benzene rings is 1. The fourth-order valence-electron chi connectivity index (χ4n) is 1.87. The minimum Gasteiger partial charge on any atom is -0.488 e. The van der Waals surface area contributed by atoms with Crippen molar-refractivity contribution in [1.29, 1.82) is 0 Å². The number of carbonyl (C=O) groups is 1. The lowest BCUT2D eigenvalue weighted by atomic mass is 10.1. The lowest BCUT2D eigenvalue weighted by Gasteiger charge is -2.12. The van der Waals surface area contributed by atoms with Gasteiger partial charge in [-0.1, -0.05) is 11.6 Å². The van der Waals surface area contributed by atoms with E-state index in [1.165, 1.54) is 11.3 Å². The summed E-state index contributed by atoms with van der Waals surface area (Å²) >= 11 is 7.33. The van der Waals surface area contributed by atoms with Crippen LogP contribution >= 0.6 is 22.9 Å². The minimum absolute atomic E-state index is 0.279. The summed E-state index contributed by atoms with van der Waals surface area (Å²) in [7, 11) is 0. The zero-order valence-electron chi connectivity index (χ0n) is 10.6. The van der Waals surface area contributed by atoms with Crippen molar-refractivity contribution in [3.8, 4) is 5.75 Å². The van der Waals surface area contributed by atoms with E-state index in [0.717, 1.165) is 26.1 Å². The van der Waals surface area contributed by atoms with Gasteiger partial charge in [0, 0.05) is 4.88 Å². The highest BCUT2D eigenvalue weighted by Crippen LogP contribution is 2.28. The lowest BCUT2D eigenvalue weighted by molar-refractivity contribution is 0.0696. The Bertz CT molecular complexity index is 596. The molecule has 0 amide bonds. The molecule has 0 bridgehead atoms. The second-order valence-electron chi connectivity index (χ2n) is 4.24. The van der Waals surface area contributed by atoms with Crippen LogP contribution < -0.4 is 4.74 Å². The first-order chi connectivity index (χ1) is 8.97. The van der Waals surface area contributed by atoms with Gasteiger partial charge in [-0.05, 0) is 49.2 Å². The van der Waals surface area contributed by atoms with Gasteiger partial charge in [0.15, 0.2) is 0 Å². The van der Waals surface area contributed by atoms with Crippen molar-refractivity contribution in [2.45, 2.75) is 20.5 Å². The number of aryl methyl sites for hydroxylation is 2. The Morgan fingerprint density at radius 1 is 1.32 bits per heavy atom. The molecule has 0 saturated heterocycles. The third kappa shape index (κ3) is 3.28. The van der Waals surface area contributed by atoms with Crippen molar-refractivity contribution >= 4 is 28.9 Å². The van der Waals surface area contributed by atoms with Crippen LogP contribution in [0.2, 0.25) is 4.34 Å². The molecule has 1 aromatic carbocycles. The van der Waals surface area contributed by atoms with Crippen LogP contribution in [0.15, 0.2) is 24.3 Å². The summed E-state index contributed by atoms with van der Waals surface area (Å²) in [5, 5.41) is 8.98. The van der Waals surface area contributed by atoms with Gasteiger partial charge in [0.05, 0.1) is 9.90 Å². The normalized spacial score (nSPS) is 10.5. The van der Waals surface area contributed by atoms with Crippen LogP contribution in [0.3, 0.4) is 0 Å². The van der Waals surface area contributed by atoms with Crippen LogP contribution in [0, 0.1) is 13.8 Å². The van der Waals surface area contributed by atoms with E-state index in [4.69, 9.17) is 21.4 Å². The van der Waals surface area contributed by atoms with E-state index in [1.54, 1.807) is 12.1 Å². The van der Waals surface area contributed by atoms with Gasteiger partial charge < -0.3 is 9.84 Å². The van der Waals surface area contributed by atoms with E-state index in [-0.39, 0.29) is 5.56 Å². The quantitative estimate of drug-likeness (QED) is 0.915. The van der Waals surface area contributed by atoms with Crippen molar-refractivity contribution in [3.05, 3.63) is 50.2 Å². The van der Waals surface area contributed by atoms with Crippen LogP contribution in [-0.4, -0.2) is 11.1 Å². The molecule has 100 valence electrons. The molecular weight excluding hydrogens is 284 g/mol. The maximum atomic E-state index is 10.9. The van der Waals surface area contributed by atoms with Gasteiger partial charge in [-0.3, -0.25) is 0 Å². The second-order valence-corrected chi connectivity index (χ2v) is 6.04. The first kappa shape index (κ1) is 13.9. The first-order valence-electron chi connectivity index (χ1n) is 5.69. The fourth-order valence-corrected chi connectivity index (χ4v) is 2.87. The highest BCUT2D eigenvalue weighted by Gasteiger charge is 2.11. The minimum atomic E-state index is -0.928. The largest absolute Gasteiger partial charge is 0.488 e. The smallest absolute Gasteiger partial charge is 0.335 e. The van der Waals surface area contributed by atoms with Crippen molar-refractivity contribution in [3.63, 3.8) is 0 Å². The van der Waals surface area contributed by atoms with E-state index >= 15 is 0 Å². The first-order valence-corrected chi connectivity index (χ1v) is 6.88. The van der Waals surface area contributed by atoms with Gasteiger partial charge in [0.2, 0.25) is 0 Å². The van der Waals surface area contributed by atoms with Gasteiger partial charge in [0.25, 0.3) is 0 Å². The molecule has 0 spiro atoms. The van der Waals surface area contributed by atoms with E-state index in [9.17, 15) is 4.79 Å². The molecule has 1 aromatic heterocycles. The average molecular weight is 297 g/mol. The second kappa shape index (κ2) is 5.63. The molecule has 0 fully saturated rings. The standard InChI is InChI=1S/C14H13ClO3S/c1-8-5-10(14(16)17)6-9(2)13(8)18-7-11-3-4-12(15)19-11/h3-6H,7H2,1-2H3,(H,16,17). The summed E-state index contributed by atoms with van der Waals surface area (Å²) in [6, 6.07) is 6.99. The molecule has 5 heteroatoms. The highest BCUT2D eigenvalue weighted by molar-refractivity contribution is 7.16. The number of halogens is 1. The summed E-state index contributed by atoms with van der Waals surface area (Å²) < 4.78 is 6.49. The van der Waals surface area contributed by atoms with E-state index in [2.05, 4.69) is 0 Å². The Balaban J connectivity index is 2.18. The Kier molecular flexibility index (Phi) is 4.12. The fraction of sp³-hybridized carbons (Fsp3) is 0.214. The van der Waals surface area contributed by atoms with Gasteiger partial charge >= 0.3 is 5.97 Å². The van der Waals surface area contributed by atoms with Crippen molar-refractivity contribution in [2.75, 3.05) is 0 Å². The predicted octanol–water partition coefficient (Wildman–Crippen LogP) is 4.30. The summed E-state index contributed by atoms with van der Waals surface area (Å²) in [6.45, 7) is 4.12. The summed E-state index contributed by atoms with van der Waals surface area (Å²) in [4.78, 5) is 12.0. The number of carboxylic acids is 1. The number of carboxylic acid groups (broad SMARTS) is 1. The van der Waals surface area contributed by atoms with E-state index in [0.29, 0.717) is 6.61 Å². The number of thiophene rings is 1. The molecule has 0 radical (unpaired) electrons. The predicted molar refractivity (Wildman–Crippen MR) is 76.5 cm³/mol. The number of hydrogen-bond acceptors (Lipinski definition) is 3. The number of ether oxygens (including phenoxy) is 1. The molecular formula is C14H13ClO3S. The van der Waals surface area contributed by atoms with Crippen LogP contribution in [0.25, 0.3) is 0 Å². The highest BCUT2D eigenvalue weighted by atomic mass is 35.5. The number of hydrogen-bond donors (Lipinski definition) is 1. The SMILES string of the molecule is Cc1cc(C(=O)O)cc(C)c1OCc1ccc(Cl)s1. The topological polar surface area (TPSA) is 46.5 Å². The van der Waals surface area contributed by atoms with Crippen LogP contribution in [0.1, 0.15) is 26.4 Å². The maximum absolute atomic E-state index is 10.9. The monoisotopic (exact) mass is 296 g/mol. The molecule has 3 nitrogen and oxygen atoms in total. The molecule has 0 unspecified atom stereocenters. The van der Waals surface area contributed by atoms with Gasteiger partial charge in [-0.2, -0.15) is 0 Å². The molecule has 2 rings (SSSR count). The number of rotatable bonds is 4. The van der Waals surface area contributed by atoms with Crippen molar-refractivity contribution < 1.29 is 14.6 Å². The molecule has 0 saturated carbocycles. The Hall–Kier alpha value is -1.52. The Labute approximate surface area is 120 Å². The zero-order valence-corrected chi connectivity index (χ0v) is 12.1. The molecule has 0 aliphatic carbocycles. The molecule has 0 aliphatic rings. The summed E-state index contributed by atoms with van der Waals surface area (Å²) in [5.74, 6) is -0.197. The van der Waals surface area contributed by atoms with Crippen LogP contribution in [0.4, 0.5) is 0 Å². The maximum Gasteiger partial charge on any atom is 0.335 e. The Morgan fingerprint density at radius 3 is 2.42 bits per heavy atom. The molecule has 0 aliphatic heterocycles. The van der Waals surface area contributed by atoms with E-state index < -0.39 is 5.97 Å². The lowest BCUT2D eigenvalue weighted by Crippen LogP contribution is -2.02. The molecule has 1 heterocycles. The summed E-state index contributed by atoms with van der Waals surface area (Å²) in [5.41, 5.74) is 1.92. The molecule has 2 aromatic rings. The van der Waals surface area contributed by atoms with Gasteiger partial charge in [-0.15, -0.1) is 11.3 Å². The van der Waals surface area contributed by atoms with Crippen LogP contribution in [-0.2, 0) is 6.61 Å². The number of aromatic carboxylic acids is 1. The average Bonchev–Trinajstić information content (AvgIpc) is 2.73. The molecule has 19 heavy (non-hydrogen) atoms. The van der Waals surface area contributed by atoms with E-state index in [1.807, 2.05) is 26.0 Å². The molecule has 0 atom stereocenters. The summed E-state index contributed by atoms with van der Waals surface area (Å²) in [6.07, 6.45) is 0. The molecule has 1 N–H and O–H groups in total. The van der Waals surface area contributed by atoms with Gasteiger partial charge in [0.1, 0.15) is 12.4 Å².